The molecule has 1 fully saturated rings. The molecule has 0 unspecified atom stereocenters. The molecule has 2 rings (SSSR count). The largest absolute Gasteiger partial charge is 0.372 e. The van der Waals surface area contributed by atoms with Crippen molar-refractivity contribution >= 4 is 5.69 Å². The van der Waals surface area contributed by atoms with Gasteiger partial charge in [0.1, 0.15) is 0 Å². The van der Waals surface area contributed by atoms with Crippen LogP contribution >= 0.6 is 0 Å². The van der Waals surface area contributed by atoms with Crippen LogP contribution in [0.15, 0.2) is 24.3 Å². The molecule has 1 aliphatic heterocycles. The topological polar surface area (TPSA) is 41.3 Å². The first kappa shape index (κ1) is 12.4. The van der Waals surface area contributed by atoms with Crippen molar-refractivity contribution in [3.63, 3.8) is 0 Å². The number of nitrogens with one attached hydrogen (secondary N) is 1. The standard InChI is InChI=1S/C14H23N3/c15-8-9-16-12-13-4-6-14(7-5-13)17-10-2-1-3-11-17/h4-7,16H,1-3,8-12,15H2. The van der Waals surface area contributed by atoms with Crippen molar-refractivity contribution < 1.29 is 0 Å². The second-order valence-corrected chi connectivity index (χ2v) is 4.68. The third kappa shape index (κ3) is 3.72. The van der Waals surface area contributed by atoms with E-state index in [1.165, 1.54) is 43.6 Å². The van der Waals surface area contributed by atoms with Crippen LogP contribution in [0.1, 0.15) is 24.8 Å². The van der Waals surface area contributed by atoms with Crippen molar-refractivity contribution in [2.75, 3.05) is 31.1 Å². The van der Waals surface area contributed by atoms with Gasteiger partial charge in [-0.25, -0.2) is 0 Å². The van der Waals surface area contributed by atoms with Crippen LogP contribution in [-0.4, -0.2) is 26.2 Å². The van der Waals surface area contributed by atoms with Gasteiger partial charge < -0.3 is 16.0 Å². The average molecular weight is 233 g/mol. The predicted molar refractivity (Wildman–Crippen MR) is 73.3 cm³/mol. The minimum absolute atomic E-state index is 0.700. The van der Waals surface area contributed by atoms with Gasteiger partial charge >= 0.3 is 0 Å². The highest BCUT2D eigenvalue weighted by Crippen LogP contribution is 2.20. The van der Waals surface area contributed by atoms with E-state index in [4.69, 9.17) is 5.73 Å². The molecule has 94 valence electrons. The number of nitrogens with two attached hydrogens (primary N) is 1. The van der Waals surface area contributed by atoms with Gasteiger partial charge in [-0.3, -0.25) is 0 Å². The molecule has 3 N–H and O–H groups in total. The van der Waals surface area contributed by atoms with Crippen LogP contribution in [0.3, 0.4) is 0 Å². The van der Waals surface area contributed by atoms with E-state index in [0.29, 0.717) is 6.54 Å². The molecule has 0 bridgehead atoms. The van der Waals surface area contributed by atoms with Gasteiger partial charge in [-0.05, 0) is 37.0 Å². The monoisotopic (exact) mass is 233 g/mol. The number of hydrogen-bond acceptors (Lipinski definition) is 3. The fraction of sp³-hybridized carbons (Fsp3) is 0.571. The van der Waals surface area contributed by atoms with Crippen LogP contribution in [-0.2, 0) is 6.54 Å². The van der Waals surface area contributed by atoms with Crippen LogP contribution in [0.4, 0.5) is 5.69 Å². The zero-order chi connectivity index (χ0) is 11.9. The van der Waals surface area contributed by atoms with E-state index in [0.717, 1.165) is 13.1 Å². The molecule has 0 saturated carbocycles. The van der Waals surface area contributed by atoms with Crippen molar-refractivity contribution in [3.05, 3.63) is 29.8 Å². The van der Waals surface area contributed by atoms with E-state index in [1.807, 2.05) is 0 Å². The molecular formula is C14H23N3. The van der Waals surface area contributed by atoms with Gasteiger partial charge in [0, 0.05) is 38.4 Å². The second-order valence-electron chi connectivity index (χ2n) is 4.68. The first-order chi connectivity index (χ1) is 8.40. The first-order valence-corrected chi connectivity index (χ1v) is 6.65. The molecule has 3 nitrogen and oxygen atoms in total. The normalized spacial score (nSPS) is 16.2. The van der Waals surface area contributed by atoms with E-state index >= 15 is 0 Å². The summed E-state index contributed by atoms with van der Waals surface area (Å²) in [6, 6.07) is 8.91. The van der Waals surface area contributed by atoms with Gasteiger partial charge in [0.25, 0.3) is 0 Å². The fourth-order valence-corrected chi connectivity index (χ4v) is 2.31. The van der Waals surface area contributed by atoms with Gasteiger partial charge in [0.2, 0.25) is 0 Å². The van der Waals surface area contributed by atoms with E-state index in [1.54, 1.807) is 0 Å². The molecule has 1 heterocycles. The summed E-state index contributed by atoms with van der Waals surface area (Å²) in [5, 5.41) is 3.31. The lowest BCUT2D eigenvalue weighted by atomic mass is 10.1. The Bertz CT molecular complexity index is 315. The van der Waals surface area contributed by atoms with E-state index < -0.39 is 0 Å². The zero-order valence-electron chi connectivity index (χ0n) is 10.5. The Morgan fingerprint density at radius 1 is 1.06 bits per heavy atom. The highest BCUT2D eigenvalue weighted by Gasteiger charge is 2.10. The van der Waals surface area contributed by atoms with Gasteiger partial charge in [0.15, 0.2) is 0 Å². The van der Waals surface area contributed by atoms with Crippen molar-refractivity contribution in [2.24, 2.45) is 5.73 Å². The molecule has 0 amide bonds. The Balaban J connectivity index is 1.88. The van der Waals surface area contributed by atoms with Crippen molar-refractivity contribution in [1.29, 1.82) is 0 Å². The van der Waals surface area contributed by atoms with Crippen molar-refractivity contribution in [3.8, 4) is 0 Å². The fourth-order valence-electron chi connectivity index (χ4n) is 2.31. The molecule has 1 saturated heterocycles. The summed E-state index contributed by atoms with van der Waals surface area (Å²) in [6.07, 6.45) is 4.05. The lowest BCUT2D eigenvalue weighted by molar-refractivity contribution is 0.578. The summed E-state index contributed by atoms with van der Waals surface area (Å²) in [7, 11) is 0. The molecule has 3 heteroatoms. The lowest BCUT2D eigenvalue weighted by Gasteiger charge is -2.28. The molecule has 1 aromatic rings. The molecule has 0 atom stereocenters. The quantitative estimate of drug-likeness (QED) is 0.761. The molecule has 0 aliphatic carbocycles. The maximum absolute atomic E-state index is 5.45. The zero-order valence-corrected chi connectivity index (χ0v) is 10.5. The molecule has 17 heavy (non-hydrogen) atoms. The highest BCUT2D eigenvalue weighted by molar-refractivity contribution is 5.47. The summed E-state index contributed by atoms with van der Waals surface area (Å²) < 4.78 is 0. The third-order valence-corrected chi connectivity index (χ3v) is 3.31. The van der Waals surface area contributed by atoms with Gasteiger partial charge in [-0.2, -0.15) is 0 Å². The van der Waals surface area contributed by atoms with E-state index in [2.05, 4.69) is 34.5 Å². The third-order valence-electron chi connectivity index (χ3n) is 3.31. The molecule has 1 aromatic carbocycles. The summed E-state index contributed by atoms with van der Waals surface area (Å²) in [5.74, 6) is 0. The molecule has 0 radical (unpaired) electrons. The first-order valence-electron chi connectivity index (χ1n) is 6.65. The van der Waals surface area contributed by atoms with Gasteiger partial charge in [0.05, 0.1) is 0 Å². The predicted octanol–water partition coefficient (Wildman–Crippen LogP) is 1.73. The van der Waals surface area contributed by atoms with Crippen molar-refractivity contribution in [1.82, 2.24) is 5.32 Å². The lowest BCUT2D eigenvalue weighted by Crippen LogP contribution is -2.29. The smallest absolute Gasteiger partial charge is 0.0366 e. The number of benzene rings is 1. The van der Waals surface area contributed by atoms with E-state index in [-0.39, 0.29) is 0 Å². The van der Waals surface area contributed by atoms with Crippen LogP contribution in [0.5, 0.6) is 0 Å². The number of hydrogen-bond donors (Lipinski definition) is 2. The summed E-state index contributed by atoms with van der Waals surface area (Å²) in [6.45, 7) is 4.92. The van der Waals surface area contributed by atoms with Crippen LogP contribution in [0, 0.1) is 0 Å². The maximum atomic E-state index is 5.45. The maximum Gasteiger partial charge on any atom is 0.0366 e. The van der Waals surface area contributed by atoms with Gasteiger partial charge in [-0.15, -0.1) is 0 Å². The Morgan fingerprint density at radius 2 is 1.76 bits per heavy atom. The summed E-state index contributed by atoms with van der Waals surface area (Å²) in [4.78, 5) is 2.49. The number of piperidine rings is 1. The highest BCUT2D eigenvalue weighted by atomic mass is 15.1. The number of anilines is 1. The second kappa shape index (κ2) is 6.62. The van der Waals surface area contributed by atoms with E-state index in [9.17, 15) is 0 Å². The van der Waals surface area contributed by atoms with Gasteiger partial charge in [-0.1, -0.05) is 12.1 Å². The van der Waals surface area contributed by atoms with Crippen molar-refractivity contribution in [2.45, 2.75) is 25.8 Å². The molecule has 0 aromatic heterocycles. The number of nitrogens with zero attached hydrogens (tertiary/aromatic N) is 1. The molecule has 0 spiro atoms. The summed E-state index contributed by atoms with van der Waals surface area (Å²) >= 11 is 0. The SMILES string of the molecule is NCCNCc1ccc(N2CCCCC2)cc1. The minimum Gasteiger partial charge on any atom is -0.372 e. The van der Waals surface area contributed by atoms with Crippen LogP contribution in [0.25, 0.3) is 0 Å². The Hall–Kier alpha value is -1.06. The number of rotatable bonds is 5. The average Bonchev–Trinajstić information content (AvgIpc) is 2.41. The van der Waals surface area contributed by atoms with Crippen LogP contribution in [0.2, 0.25) is 0 Å². The minimum atomic E-state index is 0.700. The Kier molecular flexibility index (Phi) is 4.83. The Labute approximate surface area is 104 Å². The molecular weight excluding hydrogens is 210 g/mol. The Morgan fingerprint density at radius 3 is 2.41 bits per heavy atom. The van der Waals surface area contributed by atoms with Crippen LogP contribution < -0.4 is 16.0 Å². The molecule has 1 aliphatic rings. The summed E-state index contributed by atoms with van der Waals surface area (Å²) in [5.41, 5.74) is 8.15.